The molecule has 0 aliphatic rings. The fourth-order valence-electron chi connectivity index (χ4n) is 1.25. The smallest absolute Gasteiger partial charge is 0.126 e. The molecule has 0 aliphatic carbocycles. The van der Waals surface area contributed by atoms with Gasteiger partial charge in [-0.15, -0.1) is 12.4 Å². The van der Waals surface area contributed by atoms with Gasteiger partial charge in [-0.25, -0.2) is 8.78 Å². The number of benzene rings is 1. The first kappa shape index (κ1) is 14.3. The topological polar surface area (TPSA) is 12.0 Å². The summed E-state index contributed by atoms with van der Waals surface area (Å²) in [6, 6.07) is 3.58. The molecule has 0 spiro atoms. The molecule has 0 unspecified atom stereocenters. The van der Waals surface area contributed by atoms with Crippen LogP contribution in [0.3, 0.4) is 0 Å². The van der Waals surface area contributed by atoms with Crippen LogP contribution in [0.1, 0.15) is 25.3 Å². The van der Waals surface area contributed by atoms with E-state index in [1.807, 2.05) is 0 Å². The van der Waals surface area contributed by atoms with Gasteiger partial charge in [0.15, 0.2) is 0 Å². The van der Waals surface area contributed by atoms with Crippen molar-refractivity contribution < 1.29 is 8.78 Å². The highest BCUT2D eigenvalue weighted by molar-refractivity contribution is 5.85. The van der Waals surface area contributed by atoms with Crippen LogP contribution in [0, 0.1) is 11.6 Å². The maximum absolute atomic E-state index is 12.7. The third-order valence-electron chi connectivity index (χ3n) is 1.96. The van der Waals surface area contributed by atoms with Crippen molar-refractivity contribution in [2.24, 2.45) is 0 Å². The Hall–Kier alpha value is -0.670. The van der Waals surface area contributed by atoms with Gasteiger partial charge in [0.05, 0.1) is 0 Å². The van der Waals surface area contributed by atoms with E-state index < -0.39 is 11.6 Å². The maximum atomic E-state index is 12.7. The summed E-state index contributed by atoms with van der Waals surface area (Å²) < 4.78 is 25.5. The number of hydrogen-bond acceptors (Lipinski definition) is 1. The minimum atomic E-state index is -0.516. The summed E-state index contributed by atoms with van der Waals surface area (Å²) in [4.78, 5) is 0. The molecule has 1 N–H and O–H groups in total. The Kier molecular flexibility index (Phi) is 7.26. The predicted molar refractivity (Wildman–Crippen MR) is 60.2 cm³/mol. The molecular weight excluding hydrogens is 220 g/mol. The van der Waals surface area contributed by atoms with Crippen LogP contribution >= 0.6 is 12.4 Å². The first-order chi connectivity index (χ1) is 6.72. The Morgan fingerprint density at radius 1 is 1.13 bits per heavy atom. The lowest BCUT2D eigenvalue weighted by Gasteiger charge is -2.04. The number of rotatable bonds is 5. The number of unbranched alkanes of at least 4 members (excludes halogenated alkanes) is 1. The molecule has 0 aromatic heterocycles. The van der Waals surface area contributed by atoms with Crippen molar-refractivity contribution in [2.45, 2.75) is 26.3 Å². The van der Waals surface area contributed by atoms with Gasteiger partial charge in [0.1, 0.15) is 11.6 Å². The van der Waals surface area contributed by atoms with Gasteiger partial charge >= 0.3 is 0 Å². The van der Waals surface area contributed by atoms with Crippen LogP contribution in [0.2, 0.25) is 0 Å². The molecule has 0 saturated carbocycles. The molecule has 0 aliphatic heterocycles. The monoisotopic (exact) mass is 235 g/mol. The van der Waals surface area contributed by atoms with Crippen LogP contribution in [0.25, 0.3) is 0 Å². The van der Waals surface area contributed by atoms with Crippen molar-refractivity contribution >= 4 is 12.4 Å². The van der Waals surface area contributed by atoms with E-state index in [2.05, 4.69) is 12.2 Å². The predicted octanol–water partition coefficient (Wildman–Crippen LogP) is 3.28. The molecular formula is C11H16ClF2N. The van der Waals surface area contributed by atoms with Gasteiger partial charge < -0.3 is 5.32 Å². The first-order valence-electron chi connectivity index (χ1n) is 4.88. The molecule has 0 amide bonds. The van der Waals surface area contributed by atoms with Crippen molar-refractivity contribution in [3.05, 3.63) is 35.4 Å². The zero-order valence-electron chi connectivity index (χ0n) is 8.72. The molecule has 0 heterocycles. The van der Waals surface area contributed by atoms with Gasteiger partial charge in [0, 0.05) is 12.6 Å². The molecule has 1 rings (SSSR count). The molecule has 86 valence electrons. The summed E-state index contributed by atoms with van der Waals surface area (Å²) in [5.74, 6) is -1.03. The SMILES string of the molecule is CCCCNCc1cc(F)cc(F)c1.Cl. The molecule has 1 aromatic rings. The molecule has 1 nitrogen and oxygen atoms in total. The normalized spacial score (nSPS) is 9.80. The van der Waals surface area contributed by atoms with Crippen LogP contribution in [0.5, 0.6) is 0 Å². The van der Waals surface area contributed by atoms with Gasteiger partial charge in [-0.3, -0.25) is 0 Å². The van der Waals surface area contributed by atoms with Crippen LogP contribution in [0.15, 0.2) is 18.2 Å². The fraction of sp³-hybridized carbons (Fsp3) is 0.455. The minimum Gasteiger partial charge on any atom is -0.313 e. The number of nitrogens with one attached hydrogen (secondary N) is 1. The lowest BCUT2D eigenvalue weighted by molar-refractivity contribution is 0.573. The Labute approximate surface area is 95.3 Å². The van der Waals surface area contributed by atoms with Crippen molar-refractivity contribution in [1.29, 1.82) is 0 Å². The second kappa shape index (κ2) is 7.60. The largest absolute Gasteiger partial charge is 0.313 e. The van der Waals surface area contributed by atoms with E-state index in [4.69, 9.17) is 0 Å². The van der Waals surface area contributed by atoms with Crippen molar-refractivity contribution in [3.8, 4) is 0 Å². The van der Waals surface area contributed by atoms with Crippen LogP contribution in [-0.2, 0) is 6.54 Å². The second-order valence-corrected chi connectivity index (χ2v) is 3.31. The van der Waals surface area contributed by atoms with Gasteiger partial charge in [0.25, 0.3) is 0 Å². The van der Waals surface area contributed by atoms with E-state index in [1.54, 1.807) is 0 Å². The van der Waals surface area contributed by atoms with Gasteiger partial charge in [0.2, 0.25) is 0 Å². The van der Waals surface area contributed by atoms with Crippen molar-refractivity contribution in [1.82, 2.24) is 5.32 Å². The minimum absolute atomic E-state index is 0. The van der Waals surface area contributed by atoms with Crippen LogP contribution < -0.4 is 5.32 Å². The van der Waals surface area contributed by atoms with Gasteiger partial charge in [-0.2, -0.15) is 0 Å². The first-order valence-corrected chi connectivity index (χ1v) is 4.88. The second-order valence-electron chi connectivity index (χ2n) is 3.31. The highest BCUT2D eigenvalue weighted by Gasteiger charge is 1.99. The van der Waals surface area contributed by atoms with E-state index >= 15 is 0 Å². The third-order valence-corrected chi connectivity index (χ3v) is 1.96. The van der Waals surface area contributed by atoms with Crippen molar-refractivity contribution in [3.63, 3.8) is 0 Å². The zero-order valence-corrected chi connectivity index (χ0v) is 9.54. The Balaban J connectivity index is 0.00000196. The Morgan fingerprint density at radius 3 is 2.27 bits per heavy atom. The molecule has 0 radical (unpaired) electrons. The average Bonchev–Trinajstić information content (AvgIpc) is 2.11. The van der Waals surface area contributed by atoms with Gasteiger partial charge in [-0.05, 0) is 30.7 Å². The molecule has 15 heavy (non-hydrogen) atoms. The lowest BCUT2D eigenvalue weighted by atomic mass is 10.2. The lowest BCUT2D eigenvalue weighted by Crippen LogP contribution is -2.14. The molecule has 0 atom stereocenters. The highest BCUT2D eigenvalue weighted by Crippen LogP contribution is 2.07. The van der Waals surface area contributed by atoms with Crippen molar-refractivity contribution in [2.75, 3.05) is 6.54 Å². The van der Waals surface area contributed by atoms with Crippen LogP contribution in [0.4, 0.5) is 8.78 Å². The maximum Gasteiger partial charge on any atom is 0.126 e. The number of hydrogen-bond donors (Lipinski definition) is 1. The average molecular weight is 236 g/mol. The summed E-state index contributed by atoms with van der Waals surface area (Å²) in [6.07, 6.45) is 2.20. The molecule has 0 saturated heterocycles. The Morgan fingerprint density at radius 2 is 1.73 bits per heavy atom. The van der Waals surface area contributed by atoms with Gasteiger partial charge in [-0.1, -0.05) is 13.3 Å². The van der Waals surface area contributed by atoms with E-state index in [0.29, 0.717) is 12.1 Å². The third kappa shape index (κ3) is 5.70. The van der Waals surface area contributed by atoms with Crippen LogP contribution in [-0.4, -0.2) is 6.54 Å². The van der Waals surface area contributed by atoms with E-state index in [1.165, 1.54) is 12.1 Å². The van der Waals surface area contributed by atoms with E-state index in [-0.39, 0.29) is 12.4 Å². The quantitative estimate of drug-likeness (QED) is 0.773. The molecule has 0 bridgehead atoms. The van der Waals surface area contributed by atoms with E-state index in [0.717, 1.165) is 25.5 Å². The van der Waals surface area contributed by atoms with E-state index in [9.17, 15) is 8.78 Å². The number of halogens is 3. The summed E-state index contributed by atoms with van der Waals surface area (Å²) in [5, 5.41) is 3.12. The summed E-state index contributed by atoms with van der Waals surface area (Å²) in [5.41, 5.74) is 0.651. The zero-order chi connectivity index (χ0) is 10.4. The molecule has 0 fully saturated rings. The molecule has 1 aromatic carbocycles. The fourth-order valence-corrected chi connectivity index (χ4v) is 1.25. The summed E-state index contributed by atoms with van der Waals surface area (Å²) in [7, 11) is 0. The summed E-state index contributed by atoms with van der Waals surface area (Å²) >= 11 is 0. The molecule has 4 heteroatoms. The highest BCUT2D eigenvalue weighted by atomic mass is 35.5. The Bertz CT molecular complexity index is 272. The summed E-state index contributed by atoms with van der Waals surface area (Å²) in [6.45, 7) is 3.51. The standard InChI is InChI=1S/C11H15F2N.ClH/c1-2-3-4-14-8-9-5-10(12)7-11(13)6-9;/h5-7,14H,2-4,8H2,1H3;1H.